The minimum Gasteiger partial charge on any atom is -0.398 e. The molecule has 0 spiro atoms. The number of rotatable bonds is 6. The van der Waals surface area contributed by atoms with Crippen molar-refractivity contribution in [1.29, 1.82) is 0 Å². The Labute approximate surface area is 730 Å². The van der Waals surface area contributed by atoms with Gasteiger partial charge in [0.05, 0.1) is 0 Å². The first kappa shape index (κ1) is 96.4. The van der Waals surface area contributed by atoms with Crippen LogP contribution in [0.15, 0.2) is 362 Å². The molecular formula is C109H132N14. The van der Waals surface area contributed by atoms with Crippen molar-refractivity contribution in [3.05, 3.63) is 407 Å². The van der Waals surface area contributed by atoms with Gasteiger partial charge in [-0.1, -0.05) is 339 Å². The van der Waals surface area contributed by atoms with Crippen LogP contribution in [0.2, 0.25) is 0 Å². The van der Waals surface area contributed by atoms with E-state index in [9.17, 15) is 0 Å². The number of nitrogen functional groups attached to an aromatic ring is 2. The molecule has 28 N–H and O–H groups in total. The molecule has 14 aromatic carbocycles. The van der Waals surface area contributed by atoms with Crippen molar-refractivity contribution in [2.24, 2.45) is 86.6 Å². The van der Waals surface area contributed by atoms with E-state index in [4.69, 9.17) is 80.3 Å². The van der Waals surface area contributed by atoms with E-state index in [-0.39, 0.29) is 0 Å². The molecule has 0 saturated carbocycles. The van der Waals surface area contributed by atoms with Crippen LogP contribution in [0, 0.1) is 17.8 Å². The molecule has 0 radical (unpaired) electrons. The molecule has 0 aliphatic heterocycles. The summed E-state index contributed by atoms with van der Waals surface area (Å²) >= 11 is 0. The van der Waals surface area contributed by atoms with Crippen molar-refractivity contribution in [2.75, 3.05) is 50.7 Å². The molecule has 4 unspecified atom stereocenters. The summed E-state index contributed by atoms with van der Waals surface area (Å²) in [5.41, 5.74) is 92.8. The number of fused-ring (bicyclic) bond motifs is 12. The molecule has 14 nitrogen and oxygen atoms in total. The Hall–Kier alpha value is -12.1. The fourth-order valence-corrected chi connectivity index (χ4v) is 15.7. The van der Waals surface area contributed by atoms with Gasteiger partial charge < -0.3 is 80.3 Å². The Morgan fingerprint density at radius 1 is 0.260 bits per heavy atom. The lowest BCUT2D eigenvalue weighted by molar-refractivity contribution is 0.564. The highest BCUT2D eigenvalue weighted by molar-refractivity contribution is 6.08. The zero-order chi connectivity index (χ0) is 88.4. The molecule has 0 heterocycles. The van der Waals surface area contributed by atoms with Gasteiger partial charge in [0.2, 0.25) is 0 Å². The second-order valence-electron chi connectivity index (χ2n) is 29.7. The first-order chi connectivity index (χ1) is 60.1. The molecule has 0 amide bonds. The van der Waals surface area contributed by atoms with Crippen molar-refractivity contribution < 1.29 is 0 Å². The molecule has 4 atom stereocenters. The topological polar surface area (TPSA) is 364 Å². The molecule has 0 saturated heterocycles. The Bertz CT molecular complexity index is 5650. The van der Waals surface area contributed by atoms with Crippen molar-refractivity contribution in [3.63, 3.8) is 0 Å². The van der Waals surface area contributed by atoms with E-state index in [1.807, 2.05) is 108 Å². The van der Waals surface area contributed by atoms with E-state index < -0.39 is 0 Å². The maximum absolute atomic E-state index is 5.94. The van der Waals surface area contributed by atoms with Gasteiger partial charge in [-0.25, -0.2) is 0 Å². The third kappa shape index (κ3) is 26.0. The highest BCUT2D eigenvalue weighted by Gasteiger charge is 2.36. The van der Waals surface area contributed by atoms with Crippen LogP contribution >= 0.6 is 0 Å². The predicted octanol–water partition coefficient (Wildman–Crippen LogP) is 20.1. The largest absolute Gasteiger partial charge is 0.398 e. The lowest BCUT2D eigenvalue weighted by Crippen LogP contribution is -2.28. The van der Waals surface area contributed by atoms with Gasteiger partial charge >= 0.3 is 0 Å². The van der Waals surface area contributed by atoms with Gasteiger partial charge in [-0.15, -0.1) is 0 Å². The van der Waals surface area contributed by atoms with Gasteiger partial charge in [-0.2, -0.15) is 0 Å². The summed E-state index contributed by atoms with van der Waals surface area (Å²) in [7, 11) is 0. The Kier molecular flexibility index (Phi) is 40.5. The number of hydrogen-bond acceptors (Lipinski definition) is 14. The molecule has 0 aromatic heterocycles. The second-order valence-corrected chi connectivity index (χ2v) is 29.7. The standard InChI is InChI=1S/2C16H16N2.C16H12.C14H10.C13H12.2C11H12N2.6C2H7N/c17-9-11-1-3-13-5-6-14-4-2-12(10-18)8-16(14)15(13)7-11;17-9-15-11-5-1-2-6-12(11)16(10-18)14-8-4-3-7-13(14)15;1-3-11-7-9-13-5-2-6-14-10-8-12(4-1)15(11)16(13)14;1-2-6-12-10-14-8-4-3-7-13(14)9-11(12)5-1;1-3-7-12-10(5-1)9-11-6-2-4-8-13(11)12;12-7-8-3-1-5-10-9(8)4-2-6-11(10)13;12-7-8-4-5-10-9(6-8)2-1-3-11(10)13;6*1-2-3/h2*1-8H,9-10,17-18H2;1-10,15-16H;1-10H;1-8,10,12H,9H2;2*1-6H,7,12-13H2;6*2-3H2,1H3. The van der Waals surface area contributed by atoms with Crippen molar-refractivity contribution >= 4 is 97.6 Å². The van der Waals surface area contributed by atoms with Crippen LogP contribution in [0.3, 0.4) is 0 Å². The molecule has 14 aromatic rings. The van der Waals surface area contributed by atoms with Gasteiger partial charge in [0.25, 0.3) is 0 Å². The van der Waals surface area contributed by atoms with Gasteiger partial charge in [0.1, 0.15) is 0 Å². The number of benzene rings is 14. The highest BCUT2D eigenvalue weighted by atomic mass is 14.6. The molecule has 20 rings (SSSR count). The van der Waals surface area contributed by atoms with Crippen LogP contribution in [0.25, 0.3) is 86.2 Å². The lowest BCUT2D eigenvalue weighted by Gasteiger charge is -2.39. The Morgan fingerprint density at radius 2 is 0.618 bits per heavy atom. The van der Waals surface area contributed by atoms with Crippen LogP contribution in [-0.4, -0.2) is 39.3 Å². The third-order valence-corrected chi connectivity index (χ3v) is 21.1. The highest BCUT2D eigenvalue weighted by Crippen LogP contribution is 2.48. The normalized spacial score (nSPS) is 14.9. The van der Waals surface area contributed by atoms with Gasteiger partial charge in [0, 0.05) is 79.2 Å². The average molecular weight is 1640 g/mol. The summed E-state index contributed by atoms with van der Waals surface area (Å²) in [6.45, 7) is 19.3. The molecular weight excluding hydrogens is 1510 g/mol. The van der Waals surface area contributed by atoms with E-state index >= 15 is 0 Å². The van der Waals surface area contributed by atoms with E-state index in [0.29, 0.717) is 57.0 Å². The average Bonchev–Trinajstić information content (AvgIpc) is 1.45. The summed E-state index contributed by atoms with van der Waals surface area (Å²) in [5.74, 6) is 2.50. The van der Waals surface area contributed by atoms with Crippen molar-refractivity contribution in [2.45, 2.75) is 93.1 Å². The maximum Gasteiger partial charge on any atom is 0.0393 e. The van der Waals surface area contributed by atoms with Crippen LogP contribution in [-0.2, 0) is 45.7 Å². The van der Waals surface area contributed by atoms with Crippen LogP contribution < -0.4 is 80.3 Å². The minimum atomic E-state index is 0.547. The summed E-state index contributed by atoms with van der Waals surface area (Å²) in [4.78, 5) is 0. The zero-order valence-electron chi connectivity index (χ0n) is 72.9. The molecule has 638 valence electrons. The van der Waals surface area contributed by atoms with Crippen molar-refractivity contribution in [1.82, 2.24) is 0 Å². The summed E-state index contributed by atoms with van der Waals surface area (Å²) in [6.07, 6.45) is 32.6. The number of allylic oxidation sites excluding steroid dienone is 18. The molecule has 6 aliphatic rings. The molecule has 123 heavy (non-hydrogen) atoms. The molecule has 6 aliphatic carbocycles. The Balaban J connectivity index is 0.000000173. The van der Waals surface area contributed by atoms with Crippen LogP contribution in [0.4, 0.5) is 11.4 Å². The molecule has 0 bridgehead atoms. The minimum absolute atomic E-state index is 0.547. The SMILES string of the molecule is C1=CC2=CC=C3C=CC=C4C=CC(=C1)C2C43.C1=CC2Cc3ccccc3C2C=C1.CCN.CCN.CCN.CCN.CCN.CCN.NCc1c2ccccc2c(CN)c2ccccc12.NCc1ccc2c(N)cccc2c1.NCc1ccc2ccc3ccc(CN)cc3c2c1.NCc1cccc2c(N)cccc12.c1ccc2cc3ccccc3cc2c1. The maximum atomic E-state index is 5.94. The number of anilines is 2. The number of nitrogens with two attached hydrogens (primary N) is 14. The smallest absolute Gasteiger partial charge is 0.0393 e. The number of hydrogen-bond donors (Lipinski definition) is 14. The lowest BCUT2D eigenvalue weighted by atomic mass is 9.65. The van der Waals surface area contributed by atoms with E-state index in [1.165, 1.54) is 116 Å². The van der Waals surface area contributed by atoms with E-state index in [2.05, 4.69) is 273 Å². The third-order valence-electron chi connectivity index (χ3n) is 21.1. The van der Waals surface area contributed by atoms with Gasteiger partial charge in [-0.05, 0) is 236 Å². The molecule has 14 heteroatoms. The monoisotopic (exact) mass is 1640 g/mol. The summed E-state index contributed by atoms with van der Waals surface area (Å²) < 4.78 is 0. The van der Waals surface area contributed by atoms with Gasteiger partial charge in [0.15, 0.2) is 0 Å². The fraction of sp³-hybridized carbons (Fsp3) is 0.211. The zero-order valence-corrected chi connectivity index (χ0v) is 72.9. The second kappa shape index (κ2) is 51.6. The summed E-state index contributed by atoms with van der Waals surface area (Å²) in [5, 5.41) is 19.6. The first-order valence-corrected chi connectivity index (χ1v) is 43.1. The van der Waals surface area contributed by atoms with Crippen LogP contribution in [0.5, 0.6) is 0 Å². The predicted molar refractivity (Wildman–Crippen MR) is 538 cm³/mol. The quantitative estimate of drug-likeness (QED) is 0.0418. The van der Waals surface area contributed by atoms with Gasteiger partial charge in [-0.3, -0.25) is 0 Å². The van der Waals surface area contributed by atoms with Crippen molar-refractivity contribution in [3.8, 4) is 0 Å². The molecule has 0 fully saturated rings. The van der Waals surface area contributed by atoms with Crippen LogP contribution in [0.1, 0.15) is 92.0 Å². The first-order valence-electron chi connectivity index (χ1n) is 43.1. The van der Waals surface area contributed by atoms with E-state index in [1.54, 1.807) is 0 Å². The van der Waals surface area contributed by atoms with E-state index in [0.717, 1.165) is 100 Å². The fourth-order valence-electron chi connectivity index (χ4n) is 15.7. The summed E-state index contributed by atoms with van der Waals surface area (Å²) in [6, 6.07) is 88.0. The Morgan fingerprint density at radius 3 is 1.07 bits per heavy atom.